The fourth-order valence-corrected chi connectivity index (χ4v) is 2.91. The van der Waals surface area contributed by atoms with Gasteiger partial charge in [-0.3, -0.25) is 4.98 Å². The van der Waals surface area contributed by atoms with Crippen LogP contribution in [0.1, 0.15) is 22.2 Å². The van der Waals surface area contributed by atoms with E-state index in [0.717, 1.165) is 21.2 Å². The van der Waals surface area contributed by atoms with Crippen molar-refractivity contribution in [2.24, 2.45) is 0 Å². The van der Waals surface area contributed by atoms with E-state index in [9.17, 15) is 0 Å². The van der Waals surface area contributed by atoms with E-state index in [-0.39, 0.29) is 6.04 Å². The molecule has 2 heterocycles. The summed E-state index contributed by atoms with van der Waals surface area (Å²) in [7, 11) is 1.93. The van der Waals surface area contributed by atoms with Crippen molar-refractivity contribution in [3.63, 3.8) is 0 Å². The first-order valence-corrected chi connectivity index (χ1v) is 6.31. The molecule has 1 atom stereocenters. The number of nitrogens with zero attached hydrogens (tertiary/aromatic N) is 1. The lowest BCUT2D eigenvalue weighted by Gasteiger charge is -2.15. The summed E-state index contributed by atoms with van der Waals surface area (Å²) in [5.74, 6) is 0. The molecule has 0 amide bonds. The van der Waals surface area contributed by atoms with Crippen LogP contribution in [0.5, 0.6) is 0 Å². The van der Waals surface area contributed by atoms with Gasteiger partial charge in [0.15, 0.2) is 0 Å². The molecule has 0 fully saturated rings. The predicted molar refractivity (Wildman–Crippen MR) is 69.2 cm³/mol. The molecule has 2 aromatic heterocycles. The number of rotatable bonds is 3. The third kappa shape index (κ3) is 2.26. The van der Waals surface area contributed by atoms with Gasteiger partial charge in [0.1, 0.15) is 0 Å². The summed E-state index contributed by atoms with van der Waals surface area (Å²) < 4.78 is 0. The number of nitrogens with one attached hydrogen (secondary N) is 1. The second-order valence-corrected chi connectivity index (χ2v) is 4.94. The first-order valence-electron chi connectivity index (χ1n) is 5.05. The molecule has 0 aliphatic rings. The number of hydrogen-bond donors (Lipinski definition) is 1. The molecule has 0 spiro atoms. The summed E-state index contributed by atoms with van der Waals surface area (Å²) in [6.45, 7) is 1.98. The van der Waals surface area contributed by atoms with Crippen molar-refractivity contribution in [2.45, 2.75) is 13.0 Å². The van der Waals surface area contributed by atoms with Gasteiger partial charge in [0.2, 0.25) is 0 Å². The van der Waals surface area contributed by atoms with Crippen LogP contribution in [0.4, 0.5) is 0 Å². The summed E-state index contributed by atoms with van der Waals surface area (Å²) in [5, 5.41) is 6.08. The van der Waals surface area contributed by atoms with E-state index < -0.39 is 0 Å². The second kappa shape index (κ2) is 4.95. The number of aryl methyl sites for hydroxylation is 1. The lowest BCUT2D eigenvalue weighted by atomic mass is 10.1. The molecular weight excluding hydrogens is 240 g/mol. The molecule has 1 unspecified atom stereocenters. The van der Waals surface area contributed by atoms with Crippen molar-refractivity contribution in [3.8, 4) is 0 Å². The largest absolute Gasteiger partial charge is 0.309 e. The van der Waals surface area contributed by atoms with Crippen molar-refractivity contribution < 1.29 is 0 Å². The van der Waals surface area contributed by atoms with E-state index in [2.05, 4.69) is 16.4 Å². The van der Waals surface area contributed by atoms with Crippen LogP contribution in [0.3, 0.4) is 0 Å². The zero-order valence-electron chi connectivity index (χ0n) is 9.20. The molecule has 0 saturated heterocycles. The highest BCUT2D eigenvalue weighted by Crippen LogP contribution is 2.32. The van der Waals surface area contributed by atoms with Gasteiger partial charge in [-0.15, -0.1) is 11.3 Å². The van der Waals surface area contributed by atoms with Gasteiger partial charge in [0.25, 0.3) is 0 Å². The van der Waals surface area contributed by atoms with Crippen LogP contribution in [0.15, 0.2) is 29.8 Å². The van der Waals surface area contributed by atoms with Crippen molar-refractivity contribution in [3.05, 3.63) is 50.9 Å². The summed E-state index contributed by atoms with van der Waals surface area (Å²) in [5.41, 5.74) is 2.16. The highest BCUT2D eigenvalue weighted by atomic mass is 35.5. The van der Waals surface area contributed by atoms with Crippen LogP contribution in [0.25, 0.3) is 0 Å². The minimum absolute atomic E-state index is 0.126. The van der Waals surface area contributed by atoms with Crippen LogP contribution in [-0.2, 0) is 0 Å². The zero-order valence-corrected chi connectivity index (χ0v) is 10.8. The maximum absolute atomic E-state index is 6.14. The molecule has 1 N–H and O–H groups in total. The van der Waals surface area contributed by atoms with Gasteiger partial charge in [0.05, 0.1) is 11.1 Å². The first-order chi connectivity index (χ1) is 7.72. The van der Waals surface area contributed by atoms with Crippen LogP contribution in [0, 0.1) is 6.92 Å². The van der Waals surface area contributed by atoms with Crippen molar-refractivity contribution in [1.82, 2.24) is 10.3 Å². The normalized spacial score (nSPS) is 12.7. The lowest BCUT2D eigenvalue weighted by Crippen LogP contribution is -2.17. The van der Waals surface area contributed by atoms with E-state index in [0.29, 0.717) is 0 Å². The third-order valence-electron chi connectivity index (χ3n) is 2.46. The Morgan fingerprint density at radius 3 is 2.69 bits per heavy atom. The van der Waals surface area contributed by atoms with Gasteiger partial charge in [-0.05, 0) is 37.0 Å². The van der Waals surface area contributed by atoms with E-state index in [1.807, 2.05) is 37.7 Å². The molecule has 0 aromatic carbocycles. The van der Waals surface area contributed by atoms with Gasteiger partial charge in [-0.2, -0.15) is 0 Å². The summed E-state index contributed by atoms with van der Waals surface area (Å²) >= 11 is 7.80. The van der Waals surface area contributed by atoms with Gasteiger partial charge in [-0.1, -0.05) is 17.7 Å². The topological polar surface area (TPSA) is 24.9 Å². The SMILES string of the molecule is CNC(c1ccc(C)nc1)c1sccc1Cl. The van der Waals surface area contributed by atoms with Crippen molar-refractivity contribution >= 4 is 22.9 Å². The number of pyridine rings is 1. The summed E-state index contributed by atoms with van der Waals surface area (Å²) in [6.07, 6.45) is 1.90. The number of halogens is 1. The van der Waals surface area contributed by atoms with Gasteiger partial charge in [0, 0.05) is 16.8 Å². The van der Waals surface area contributed by atoms with E-state index >= 15 is 0 Å². The highest BCUT2D eigenvalue weighted by molar-refractivity contribution is 7.10. The zero-order chi connectivity index (χ0) is 11.5. The monoisotopic (exact) mass is 252 g/mol. The molecule has 0 saturated carbocycles. The fourth-order valence-electron chi connectivity index (χ4n) is 1.61. The van der Waals surface area contributed by atoms with Crippen molar-refractivity contribution in [1.29, 1.82) is 0 Å². The van der Waals surface area contributed by atoms with Crippen molar-refractivity contribution in [2.75, 3.05) is 7.05 Å². The Bertz CT molecular complexity index is 464. The Morgan fingerprint density at radius 1 is 1.38 bits per heavy atom. The molecule has 2 aromatic rings. The van der Waals surface area contributed by atoms with Gasteiger partial charge in [-0.25, -0.2) is 0 Å². The fraction of sp³-hybridized carbons (Fsp3) is 0.250. The molecule has 2 rings (SSSR count). The Morgan fingerprint density at radius 2 is 2.19 bits per heavy atom. The van der Waals surface area contributed by atoms with Crippen LogP contribution < -0.4 is 5.32 Å². The Hall–Kier alpha value is -0.900. The molecule has 0 aliphatic heterocycles. The van der Waals surface area contributed by atoms with Gasteiger partial charge >= 0.3 is 0 Å². The first kappa shape index (κ1) is 11.6. The maximum atomic E-state index is 6.14. The Kier molecular flexibility index (Phi) is 3.59. The molecule has 16 heavy (non-hydrogen) atoms. The third-order valence-corrected chi connectivity index (χ3v) is 3.89. The summed E-state index contributed by atoms with van der Waals surface area (Å²) in [4.78, 5) is 5.44. The van der Waals surface area contributed by atoms with Crippen LogP contribution in [0.2, 0.25) is 5.02 Å². The minimum atomic E-state index is 0.126. The quantitative estimate of drug-likeness (QED) is 0.906. The molecule has 84 valence electrons. The predicted octanol–water partition coefficient (Wildman–Crippen LogP) is 3.41. The molecule has 4 heteroatoms. The Labute approximate surface area is 104 Å². The number of hydrogen-bond acceptors (Lipinski definition) is 3. The van der Waals surface area contributed by atoms with E-state index in [1.54, 1.807) is 11.3 Å². The van der Waals surface area contributed by atoms with E-state index in [1.165, 1.54) is 0 Å². The number of aromatic nitrogens is 1. The van der Waals surface area contributed by atoms with E-state index in [4.69, 9.17) is 11.6 Å². The molecule has 0 aliphatic carbocycles. The highest BCUT2D eigenvalue weighted by Gasteiger charge is 2.16. The number of thiophene rings is 1. The minimum Gasteiger partial charge on any atom is -0.309 e. The molecule has 0 bridgehead atoms. The molecule has 0 radical (unpaired) electrons. The van der Waals surface area contributed by atoms with Crippen LogP contribution in [-0.4, -0.2) is 12.0 Å². The molecular formula is C12H13ClN2S. The average Bonchev–Trinajstić information content (AvgIpc) is 2.69. The second-order valence-electron chi connectivity index (χ2n) is 3.59. The van der Waals surface area contributed by atoms with Gasteiger partial charge < -0.3 is 5.32 Å². The average molecular weight is 253 g/mol. The Balaban J connectivity index is 2.37. The summed E-state index contributed by atoms with van der Waals surface area (Å²) in [6, 6.07) is 6.15. The lowest BCUT2D eigenvalue weighted by molar-refractivity contribution is 0.700. The standard InChI is InChI=1S/C12H13ClN2S/c1-8-3-4-9(7-15-8)11(14-2)12-10(13)5-6-16-12/h3-7,11,14H,1-2H3. The maximum Gasteiger partial charge on any atom is 0.0698 e. The van der Waals surface area contributed by atoms with Crippen LogP contribution >= 0.6 is 22.9 Å². The smallest absolute Gasteiger partial charge is 0.0698 e. The molecule has 2 nitrogen and oxygen atoms in total.